The summed E-state index contributed by atoms with van der Waals surface area (Å²) in [6.07, 6.45) is 1.06. The van der Waals surface area contributed by atoms with Crippen LogP contribution in [-0.4, -0.2) is 59.7 Å². The van der Waals surface area contributed by atoms with E-state index in [2.05, 4.69) is 45.6 Å². The van der Waals surface area contributed by atoms with Crippen LogP contribution in [0.1, 0.15) is 39.1 Å². The van der Waals surface area contributed by atoms with Crippen molar-refractivity contribution < 1.29 is 4.79 Å². The zero-order chi connectivity index (χ0) is 18.0. The fourth-order valence-corrected chi connectivity index (χ4v) is 4.37. The first-order valence-corrected chi connectivity index (χ1v) is 9.57. The highest BCUT2D eigenvalue weighted by molar-refractivity contribution is 7.10. The maximum Gasteiger partial charge on any atom is 0.271 e. The number of carbonyl (C=O) groups is 1. The fraction of sp³-hybridized carbons (Fsp3) is 0.556. The molecule has 0 unspecified atom stereocenters. The third-order valence-electron chi connectivity index (χ3n) is 4.72. The topological polar surface area (TPSA) is 53.4 Å². The second kappa shape index (κ2) is 7.68. The first-order chi connectivity index (χ1) is 12.0. The van der Waals surface area contributed by atoms with Gasteiger partial charge in [-0.15, -0.1) is 11.3 Å². The van der Waals surface area contributed by atoms with Gasteiger partial charge in [0.1, 0.15) is 5.69 Å². The van der Waals surface area contributed by atoms with E-state index < -0.39 is 0 Å². The molecule has 1 N–H and O–H groups in total. The number of fused-ring (bicyclic) bond motifs is 1. The smallest absolute Gasteiger partial charge is 0.271 e. The summed E-state index contributed by atoms with van der Waals surface area (Å²) in [4.78, 5) is 18.3. The second-order valence-electron chi connectivity index (χ2n) is 6.99. The van der Waals surface area contributed by atoms with E-state index in [1.807, 2.05) is 24.8 Å². The SMILES string of the molecule is Cc1ccsc1[C@@H](CNC(=O)c1cc2n(n1)CCCN(C)C2)N(C)C. The minimum absolute atomic E-state index is 0.0933. The summed E-state index contributed by atoms with van der Waals surface area (Å²) in [5.41, 5.74) is 2.91. The van der Waals surface area contributed by atoms with Crippen LogP contribution in [0.5, 0.6) is 0 Å². The van der Waals surface area contributed by atoms with Crippen LogP contribution in [0.3, 0.4) is 0 Å². The van der Waals surface area contributed by atoms with Gasteiger partial charge in [0.15, 0.2) is 0 Å². The van der Waals surface area contributed by atoms with Crippen LogP contribution in [0.25, 0.3) is 0 Å². The number of rotatable bonds is 5. The number of aryl methyl sites for hydroxylation is 2. The Balaban J connectivity index is 1.68. The van der Waals surface area contributed by atoms with E-state index in [9.17, 15) is 4.79 Å². The summed E-state index contributed by atoms with van der Waals surface area (Å²) >= 11 is 1.74. The van der Waals surface area contributed by atoms with Gasteiger partial charge in [-0.25, -0.2) is 0 Å². The molecule has 2 aromatic rings. The van der Waals surface area contributed by atoms with Gasteiger partial charge in [0.25, 0.3) is 5.91 Å². The fourth-order valence-electron chi connectivity index (χ4n) is 3.25. The highest BCUT2D eigenvalue weighted by atomic mass is 32.1. The number of hydrogen-bond donors (Lipinski definition) is 1. The van der Waals surface area contributed by atoms with Crippen LogP contribution < -0.4 is 5.32 Å². The van der Waals surface area contributed by atoms with Gasteiger partial charge in [0.05, 0.1) is 11.7 Å². The van der Waals surface area contributed by atoms with Crippen molar-refractivity contribution in [2.24, 2.45) is 0 Å². The van der Waals surface area contributed by atoms with Gasteiger partial charge < -0.3 is 15.1 Å². The number of carbonyl (C=O) groups excluding carboxylic acids is 1. The molecule has 0 spiro atoms. The van der Waals surface area contributed by atoms with Crippen molar-refractivity contribution in [3.8, 4) is 0 Å². The first kappa shape index (κ1) is 18.1. The average molecular weight is 362 g/mol. The van der Waals surface area contributed by atoms with Crippen LogP contribution in [0, 0.1) is 6.92 Å². The van der Waals surface area contributed by atoms with Crippen LogP contribution in [0.2, 0.25) is 0 Å². The quantitative estimate of drug-likeness (QED) is 0.886. The number of hydrogen-bond acceptors (Lipinski definition) is 5. The molecule has 1 aliphatic rings. The zero-order valence-corrected chi connectivity index (χ0v) is 16.3. The number of amides is 1. The number of aromatic nitrogens is 2. The molecule has 1 amide bonds. The largest absolute Gasteiger partial charge is 0.349 e. The summed E-state index contributed by atoms with van der Waals surface area (Å²) in [7, 11) is 6.20. The number of thiophene rings is 1. The highest BCUT2D eigenvalue weighted by Crippen LogP contribution is 2.26. The van der Waals surface area contributed by atoms with E-state index in [0.717, 1.165) is 31.7 Å². The summed E-state index contributed by atoms with van der Waals surface area (Å²) in [6, 6.07) is 4.23. The molecule has 0 saturated heterocycles. The molecular weight excluding hydrogens is 334 g/mol. The summed E-state index contributed by atoms with van der Waals surface area (Å²) in [5, 5.41) is 9.69. The van der Waals surface area contributed by atoms with E-state index in [1.165, 1.54) is 10.4 Å². The molecule has 0 bridgehead atoms. The van der Waals surface area contributed by atoms with Crippen LogP contribution in [-0.2, 0) is 13.1 Å². The van der Waals surface area contributed by atoms with Gasteiger partial charge in [-0.1, -0.05) is 0 Å². The molecule has 136 valence electrons. The maximum atomic E-state index is 12.6. The van der Waals surface area contributed by atoms with Gasteiger partial charge in [-0.3, -0.25) is 9.48 Å². The van der Waals surface area contributed by atoms with E-state index in [0.29, 0.717) is 12.2 Å². The van der Waals surface area contributed by atoms with E-state index >= 15 is 0 Å². The standard InChI is InChI=1S/C18H27N5OS/c1-13-6-9-25-17(13)16(21(2)3)11-19-18(24)15-10-14-12-22(4)7-5-8-23(14)20-15/h6,9-10,16H,5,7-8,11-12H2,1-4H3,(H,19,24)/t16-/m1/s1. The predicted molar refractivity (Wildman–Crippen MR) is 101 cm³/mol. The Bertz CT molecular complexity index is 736. The average Bonchev–Trinajstić information content (AvgIpc) is 3.10. The van der Waals surface area contributed by atoms with Gasteiger partial charge >= 0.3 is 0 Å². The van der Waals surface area contributed by atoms with Gasteiger partial charge in [-0.05, 0) is 57.6 Å². The van der Waals surface area contributed by atoms with Gasteiger partial charge in [0, 0.05) is 31.1 Å². The summed E-state index contributed by atoms with van der Waals surface area (Å²) in [5.74, 6) is -0.0933. The molecule has 0 fully saturated rings. The minimum Gasteiger partial charge on any atom is -0.349 e. The molecule has 0 radical (unpaired) electrons. The Morgan fingerprint density at radius 2 is 2.24 bits per heavy atom. The molecule has 0 saturated carbocycles. The Labute approximate surface area is 153 Å². The Morgan fingerprint density at radius 3 is 2.92 bits per heavy atom. The molecule has 3 heterocycles. The van der Waals surface area contributed by atoms with Crippen molar-refractivity contribution in [1.29, 1.82) is 0 Å². The number of nitrogens with zero attached hydrogens (tertiary/aromatic N) is 4. The summed E-state index contributed by atoms with van der Waals surface area (Å²) < 4.78 is 1.98. The van der Waals surface area contributed by atoms with Crippen molar-refractivity contribution in [2.75, 3.05) is 34.2 Å². The Kier molecular flexibility index (Phi) is 5.56. The van der Waals surface area contributed by atoms with E-state index in [1.54, 1.807) is 11.3 Å². The Hall–Kier alpha value is -1.70. The molecule has 0 aromatic carbocycles. The monoisotopic (exact) mass is 361 g/mol. The first-order valence-electron chi connectivity index (χ1n) is 8.69. The van der Waals surface area contributed by atoms with Crippen molar-refractivity contribution in [3.63, 3.8) is 0 Å². The number of likely N-dealkylation sites (N-methyl/N-ethyl adjacent to an activating group) is 1. The predicted octanol–water partition coefficient (Wildman–Crippen LogP) is 2.12. The lowest BCUT2D eigenvalue weighted by Crippen LogP contribution is -2.34. The molecule has 1 aliphatic heterocycles. The molecule has 25 heavy (non-hydrogen) atoms. The molecule has 7 heteroatoms. The third-order valence-corrected chi connectivity index (χ3v) is 5.84. The molecule has 1 atom stereocenters. The zero-order valence-electron chi connectivity index (χ0n) is 15.5. The highest BCUT2D eigenvalue weighted by Gasteiger charge is 2.21. The normalized spacial score (nSPS) is 16.5. The van der Waals surface area contributed by atoms with Crippen molar-refractivity contribution in [1.82, 2.24) is 24.9 Å². The third kappa shape index (κ3) is 4.11. The van der Waals surface area contributed by atoms with Crippen molar-refractivity contribution in [3.05, 3.63) is 39.3 Å². The van der Waals surface area contributed by atoms with Crippen LogP contribution in [0.15, 0.2) is 17.5 Å². The lowest BCUT2D eigenvalue weighted by atomic mass is 10.1. The van der Waals surface area contributed by atoms with Gasteiger partial charge in [0.2, 0.25) is 0 Å². The molecule has 6 nitrogen and oxygen atoms in total. The number of nitrogens with one attached hydrogen (secondary N) is 1. The van der Waals surface area contributed by atoms with E-state index in [4.69, 9.17) is 0 Å². The van der Waals surface area contributed by atoms with Crippen molar-refractivity contribution >= 4 is 17.2 Å². The minimum atomic E-state index is -0.0933. The second-order valence-corrected chi connectivity index (χ2v) is 7.94. The van der Waals surface area contributed by atoms with E-state index in [-0.39, 0.29) is 11.9 Å². The maximum absolute atomic E-state index is 12.6. The molecule has 2 aromatic heterocycles. The summed E-state index contributed by atoms with van der Waals surface area (Å²) in [6.45, 7) is 5.48. The molecule has 0 aliphatic carbocycles. The molecule has 3 rings (SSSR count). The Morgan fingerprint density at radius 1 is 1.44 bits per heavy atom. The van der Waals surface area contributed by atoms with Crippen LogP contribution in [0.4, 0.5) is 0 Å². The van der Waals surface area contributed by atoms with Gasteiger partial charge in [-0.2, -0.15) is 5.10 Å². The van der Waals surface area contributed by atoms with Crippen LogP contribution >= 0.6 is 11.3 Å². The van der Waals surface area contributed by atoms with Crippen molar-refractivity contribution in [2.45, 2.75) is 32.5 Å². The lowest BCUT2D eigenvalue weighted by Gasteiger charge is -2.24. The molecular formula is C18H27N5OS. The lowest BCUT2D eigenvalue weighted by molar-refractivity contribution is 0.0936.